The van der Waals surface area contributed by atoms with Crippen LogP contribution in [0.3, 0.4) is 0 Å². The van der Waals surface area contributed by atoms with Gasteiger partial charge in [0.25, 0.3) is 0 Å². The summed E-state index contributed by atoms with van der Waals surface area (Å²) in [5.41, 5.74) is -2.42. The maximum atomic E-state index is 13.7. The van der Waals surface area contributed by atoms with E-state index in [0.717, 1.165) is 6.20 Å². The molecule has 1 aromatic rings. The van der Waals surface area contributed by atoms with Gasteiger partial charge in [-0.25, -0.2) is 4.39 Å². The minimum Gasteiger partial charge on any atom is -0.364 e. The van der Waals surface area contributed by atoms with E-state index in [1.807, 2.05) is 0 Å². The van der Waals surface area contributed by atoms with Crippen LogP contribution in [0.2, 0.25) is 0 Å². The third kappa shape index (κ3) is 1.75. The standard InChI is InChI=1S/C11H11F4NO/c1-10(2)3-6-7(8(17)9(10)12)5(4-16-6)11(13,14)15/h4,9,16H,3H2,1-2H3. The fourth-order valence-corrected chi connectivity index (χ4v) is 2.14. The van der Waals surface area contributed by atoms with Crippen LogP contribution in [-0.4, -0.2) is 16.9 Å². The van der Waals surface area contributed by atoms with E-state index in [9.17, 15) is 22.4 Å². The van der Waals surface area contributed by atoms with Gasteiger partial charge >= 0.3 is 6.18 Å². The van der Waals surface area contributed by atoms with Gasteiger partial charge in [-0.1, -0.05) is 13.8 Å². The van der Waals surface area contributed by atoms with Gasteiger partial charge in [0.2, 0.25) is 0 Å². The largest absolute Gasteiger partial charge is 0.418 e. The second-order valence-corrected chi connectivity index (χ2v) is 4.95. The molecule has 2 nitrogen and oxygen atoms in total. The van der Waals surface area contributed by atoms with E-state index in [4.69, 9.17) is 0 Å². The third-order valence-corrected chi connectivity index (χ3v) is 3.06. The van der Waals surface area contributed by atoms with Crippen molar-refractivity contribution in [3.8, 4) is 0 Å². The van der Waals surface area contributed by atoms with E-state index in [-0.39, 0.29) is 12.1 Å². The van der Waals surface area contributed by atoms with E-state index >= 15 is 0 Å². The molecule has 0 radical (unpaired) electrons. The smallest absolute Gasteiger partial charge is 0.364 e. The number of nitrogens with one attached hydrogen (secondary N) is 1. The highest BCUT2D eigenvalue weighted by atomic mass is 19.4. The Balaban J connectivity index is 2.58. The number of alkyl halides is 4. The van der Waals surface area contributed by atoms with E-state index in [2.05, 4.69) is 4.98 Å². The lowest BCUT2D eigenvalue weighted by Gasteiger charge is -2.32. The van der Waals surface area contributed by atoms with Crippen LogP contribution in [0.5, 0.6) is 0 Å². The molecule has 1 unspecified atom stereocenters. The molecule has 0 amide bonds. The van der Waals surface area contributed by atoms with Crippen LogP contribution in [0.1, 0.15) is 35.5 Å². The number of aromatic nitrogens is 1. The van der Waals surface area contributed by atoms with Gasteiger partial charge in [-0.2, -0.15) is 13.2 Å². The molecule has 1 N–H and O–H groups in total. The molecule has 1 atom stereocenters. The average Bonchev–Trinajstić information content (AvgIpc) is 2.56. The quantitative estimate of drug-likeness (QED) is 0.704. The van der Waals surface area contributed by atoms with Gasteiger partial charge < -0.3 is 4.98 Å². The van der Waals surface area contributed by atoms with Crippen molar-refractivity contribution in [3.63, 3.8) is 0 Å². The number of halogens is 4. The molecule has 0 saturated heterocycles. The van der Waals surface area contributed by atoms with Gasteiger partial charge in [0.1, 0.15) is 0 Å². The van der Waals surface area contributed by atoms with Crippen molar-refractivity contribution in [2.24, 2.45) is 5.41 Å². The molecule has 0 fully saturated rings. The van der Waals surface area contributed by atoms with Crippen LogP contribution in [0.15, 0.2) is 6.20 Å². The first-order valence-electron chi connectivity index (χ1n) is 5.10. The molecule has 2 rings (SSSR count). The molecule has 1 aromatic heterocycles. The van der Waals surface area contributed by atoms with Gasteiger partial charge in [-0.15, -0.1) is 0 Å². The summed E-state index contributed by atoms with van der Waals surface area (Å²) >= 11 is 0. The third-order valence-electron chi connectivity index (χ3n) is 3.06. The fourth-order valence-electron chi connectivity index (χ4n) is 2.14. The molecule has 17 heavy (non-hydrogen) atoms. The Bertz CT molecular complexity index is 472. The lowest BCUT2D eigenvalue weighted by atomic mass is 9.74. The number of carbonyl (C=O) groups excluding carboxylic acids is 1. The average molecular weight is 249 g/mol. The molecule has 0 aromatic carbocycles. The van der Waals surface area contributed by atoms with Crippen LogP contribution in [0, 0.1) is 5.41 Å². The molecular weight excluding hydrogens is 238 g/mol. The first-order valence-corrected chi connectivity index (χ1v) is 5.10. The summed E-state index contributed by atoms with van der Waals surface area (Å²) in [6.07, 6.45) is -5.71. The Morgan fingerprint density at radius 1 is 1.41 bits per heavy atom. The van der Waals surface area contributed by atoms with E-state index in [1.165, 1.54) is 13.8 Å². The number of Topliss-reactive ketones (excluding diaryl/α,β-unsaturated/α-hetero) is 1. The predicted octanol–water partition coefficient (Wildman–Crippen LogP) is 3.14. The summed E-state index contributed by atoms with van der Waals surface area (Å²) in [6.45, 7) is 3.04. The number of rotatable bonds is 0. The van der Waals surface area contributed by atoms with Gasteiger partial charge in [0, 0.05) is 17.3 Å². The number of carbonyl (C=O) groups is 1. The maximum Gasteiger partial charge on any atom is 0.418 e. The molecule has 1 aliphatic carbocycles. The first-order chi connectivity index (χ1) is 7.64. The van der Waals surface area contributed by atoms with Gasteiger partial charge in [0.05, 0.1) is 11.1 Å². The van der Waals surface area contributed by atoms with Crippen LogP contribution in [-0.2, 0) is 12.6 Å². The highest BCUT2D eigenvalue weighted by molar-refractivity contribution is 6.03. The molecule has 0 spiro atoms. The Morgan fingerprint density at radius 2 is 2.00 bits per heavy atom. The Kier molecular flexibility index (Phi) is 2.38. The van der Waals surface area contributed by atoms with E-state index in [0.29, 0.717) is 0 Å². The normalized spacial score (nSPS) is 23.6. The van der Waals surface area contributed by atoms with Crippen LogP contribution in [0.25, 0.3) is 0 Å². The zero-order valence-electron chi connectivity index (χ0n) is 9.28. The Labute approximate surface area is 95.0 Å². The SMILES string of the molecule is CC1(C)Cc2[nH]cc(C(F)(F)F)c2C(=O)C1F. The maximum absolute atomic E-state index is 13.7. The Morgan fingerprint density at radius 3 is 2.53 bits per heavy atom. The monoisotopic (exact) mass is 249 g/mol. The second-order valence-electron chi connectivity index (χ2n) is 4.95. The molecular formula is C11H11F4NO. The van der Waals surface area contributed by atoms with Crippen molar-refractivity contribution < 1.29 is 22.4 Å². The van der Waals surface area contributed by atoms with Crippen LogP contribution < -0.4 is 0 Å². The molecule has 1 aliphatic rings. The molecule has 94 valence electrons. The van der Waals surface area contributed by atoms with Crippen molar-refractivity contribution in [2.75, 3.05) is 0 Å². The number of aromatic amines is 1. The van der Waals surface area contributed by atoms with E-state index in [1.54, 1.807) is 0 Å². The van der Waals surface area contributed by atoms with Crippen LogP contribution in [0.4, 0.5) is 17.6 Å². The van der Waals surface area contributed by atoms with Crippen molar-refractivity contribution in [1.29, 1.82) is 0 Å². The number of hydrogen-bond acceptors (Lipinski definition) is 1. The van der Waals surface area contributed by atoms with Crippen molar-refractivity contribution >= 4 is 5.78 Å². The zero-order valence-corrected chi connectivity index (χ0v) is 9.28. The number of fused-ring (bicyclic) bond motifs is 1. The highest BCUT2D eigenvalue weighted by Gasteiger charge is 2.47. The molecule has 0 bridgehead atoms. The lowest BCUT2D eigenvalue weighted by molar-refractivity contribution is -0.137. The first kappa shape index (κ1) is 12.1. The van der Waals surface area contributed by atoms with Gasteiger partial charge in [0.15, 0.2) is 12.0 Å². The lowest BCUT2D eigenvalue weighted by Crippen LogP contribution is -2.40. The minimum absolute atomic E-state index is 0.0886. The molecule has 0 saturated carbocycles. The summed E-state index contributed by atoms with van der Waals surface area (Å²) in [4.78, 5) is 14.1. The summed E-state index contributed by atoms with van der Waals surface area (Å²) in [5.74, 6) is -1.08. The summed E-state index contributed by atoms with van der Waals surface area (Å²) in [6, 6.07) is 0. The Hall–Kier alpha value is -1.33. The fraction of sp³-hybridized carbons (Fsp3) is 0.545. The topological polar surface area (TPSA) is 32.9 Å². The van der Waals surface area contributed by atoms with Crippen molar-refractivity contribution in [3.05, 3.63) is 23.0 Å². The highest BCUT2D eigenvalue weighted by Crippen LogP contribution is 2.42. The zero-order chi connectivity index (χ0) is 13.0. The summed E-state index contributed by atoms with van der Waals surface area (Å²) in [7, 11) is 0. The number of H-pyrrole nitrogens is 1. The second kappa shape index (κ2) is 3.34. The summed E-state index contributed by atoms with van der Waals surface area (Å²) in [5, 5.41) is 0. The number of hydrogen-bond donors (Lipinski definition) is 1. The van der Waals surface area contributed by atoms with Gasteiger partial charge in [-0.3, -0.25) is 4.79 Å². The molecule has 0 aliphatic heterocycles. The van der Waals surface area contributed by atoms with Crippen molar-refractivity contribution in [2.45, 2.75) is 32.6 Å². The van der Waals surface area contributed by atoms with Crippen molar-refractivity contribution in [1.82, 2.24) is 4.98 Å². The van der Waals surface area contributed by atoms with Gasteiger partial charge in [-0.05, 0) is 6.42 Å². The van der Waals surface area contributed by atoms with Crippen LogP contribution >= 0.6 is 0 Å². The minimum atomic E-state index is -4.64. The molecule has 1 heterocycles. The predicted molar refractivity (Wildman–Crippen MR) is 52.5 cm³/mol. The summed E-state index contributed by atoms with van der Waals surface area (Å²) < 4.78 is 51.6. The molecule has 6 heteroatoms. The number of ketones is 1. The van der Waals surface area contributed by atoms with E-state index < -0.39 is 34.7 Å².